The Morgan fingerprint density at radius 3 is 2.80 bits per heavy atom. The molecule has 0 amide bonds. The Kier molecular flexibility index (Phi) is 7.62. The van der Waals surface area contributed by atoms with Gasteiger partial charge in [-0.3, -0.25) is 4.79 Å². The molecule has 0 bridgehead atoms. The molecule has 0 spiro atoms. The van der Waals surface area contributed by atoms with Crippen LogP contribution in [0, 0.1) is 5.92 Å². The molecule has 0 atom stereocenters. The van der Waals surface area contributed by atoms with Crippen LogP contribution in [0.4, 0.5) is 5.69 Å². The van der Waals surface area contributed by atoms with E-state index < -0.39 is 0 Å². The van der Waals surface area contributed by atoms with E-state index in [9.17, 15) is 4.79 Å². The molecule has 0 aliphatic heterocycles. The molecule has 1 N–H and O–H groups in total. The summed E-state index contributed by atoms with van der Waals surface area (Å²) in [6, 6.07) is 0. The number of hydrogen-bond donors (Lipinski definition) is 1. The summed E-state index contributed by atoms with van der Waals surface area (Å²) in [5, 5.41) is 7.53. The van der Waals surface area contributed by atoms with Crippen molar-refractivity contribution in [2.75, 3.05) is 25.6 Å². The fourth-order valence-electron chi connectivity index (χ4n) is 1.84. The predicted molar refractivity (Wildman–Crippen MR) is 82.6 cm³/mol. The van der Waals surface area contributed by atoms with Crippen LogP contribution in [0.2, 0.25) is 5.02 Å². The van der Waals surface area contributed by atoms with Crippen LogP contribution in [-0.2, 0) is 11.3 Å². The van der Waals surface area contributed by atoms with E-state index >= 15 is 0 Å². The van der Waals surface area contributed by atoms with E-state index in [2.05, 4.69) is 10.4 Å². The van der Waals surface area contributed by atoms with Crippen LogP contribution in [0.15, 0.2) is 11.0 Å². The van der Waals surface area contributed by atoms with Gasteiger partial charge in [-0.15, -0.1) is 0 Å². The smallest absolute Gasteiger partial charge is 0.287 e. The quantitative estimate of drug-likeness (QED) is 0.713. The fourth-order valence-corrected chi connectivity index (χ4v) is 2.05. The summed E-state index contributed by atoms with van der Waals surface area (Å²) in [6.45, 7) is 6.21. The third-order valence-electron chi connectivity index (χ3n) is 2.86. The van der Waals surface area contributed by atoms with Gasteiger partial charge in [0.25, 0.3) is 5.56 Å². The van der Waals surface area contributed by atoms with Gasteiger partial charge in [0.15, 0.2) is 0 Å². The number of unbranched alkanes of at least 4 members (excludes halogenated alkanes) is 2. The minimum atomic E-state index is -0.232. The highest BCUT2D eigenvalue weighted by atomic mass is 35.5. The summed E-state index contributed by atoms with van der Waals surface area (Å²) < 4.78 is 6.40. The number of halogens is 1. The van der Waals surface area contributed by atoms with Crippen LogP contribution in [0.5, 0.6) is 0 Å². The average Bonchev–Trinajstić information content (AvgIpc) is 2.41. The van der Waals surface area contributed by atoms with E-state index in [0.717, 1.165) is 32.4 Å². The molecular weight excluding hydrogens is 278 g/mol. The Bertz CT molecular complexity index is 460. The molecule has 6 heteroatoms. The van der Waals surface area contributed by atoms with Crippen LogP contribution in [-0.4, -0.2) is 30.0 Å². The molecule has 1 rings (SSSR count). The van der Waals surface area contributed by atoms with Crippen molar-refractivity contribution in [1.82, 2.24) is 9.78 Å². The van der Waals surface area contributed by atoms with E-state index in [-0.39, 0.29) is 10.6 Å². The molecule has 0 aromatic carbocycles. The molecule has 114 valence electrons. The van der Waals surface area contributed by atoms with Crippen molar-refractivity contribution in [1.29, 1.82) is 0 Å². The number of ether oxygens (including phenoxy) is 1. The fraction of sp³-hybridized carbons (Fsp3) is 0.714. The Labute approximate surface area is 125 Å². The summed E-state index contributed by atoms with van der Waals surface area (Å²) in [7, 11) is 1.70. The van der Waals surface area contributed by atoms with Crippen molar-refractivity contribution in [2.24, 2.45) is 5.92 Å². The normalized spacial score (nSPS) is 11.1. The summed E-state index contributed by atoms with van der Waals surface area (Å²) in [5.41, 5.74) is 0.383. The molecule has 1 heterocycles. The number of aromatic nitrogens is 2. The summed E-state index contributed by atoms with van der Waals surface area (Å²) in [5.74, 6) is 0.357. The third kappa shape index (κ3) is 5.51. The Balaban J connectivity index is 2.51. The van der Waals surface area contributed by atoms with Crippen LogP contribution in [0.3, 0.4) is 0 Å². The lowest BCUT2D eigenvalue weighted by atomic mass is 10.2. The van der Waals surface area contributed by atoms with Crippen molar-refractivity contribution in [2.45, 2.75) is 39.7 Å². The molecule has 0 radical (unpaired) electrons. The topological polar surface area (TPSA) is 56.1 Å². The minimum Gasteiger partial charge on any atom is -0.385 e. The van der Waals surface area contributed by atoms with E-state index in [0.29, 0.717) is 18.2 Å². The third-order valence-corrected chi connectivity index (χ3v) is 3.23. The maximum atomic E-state index is 12.0. The number of hydrogen-bond acceptors (Lipinski definition) is 4. The summed E-state index contributed by atoms with van der Waals surface area (Å²) in [6.07, 6.45) is 4.76. The molecule has 20 heavy (non-hydrogen) atoms. The van der Waals surface area contributed by atoms with Crippen molar-refractivity contribution in [3.05, 3.63) is 21.6 Å². The molecule has 0 fully saturated rings. The zero-order valence-corrected chi connectivity index (χ0v) is 13.2. The van der Waals surface area contributed by atoms with Crippen molar-refractivity contribution in [3.63, 3.8) is 0 Å². The number of rotatable bonds is 9. The maximum Gasteiger partial charge on any atom is 0.287 e. The average molecular weight is 302 g/mol. The van der Waals surface area contributed by atoms with E-state index in [1.807, 2.05) is 13.8 Å². The van der Waals surface area contributed by atoms with Crippen LogP contribution in [0.25, 0.3) is 0 Å². The SMILES string of the molecule is COCCCCCNc1cnn(CC(C)C)c(=O)c1Cl. The molecule has 0 saturated carbocycles. The highest BCUT2D eigenvalue weighted by Crippen LogP contribution is 2.15. The van der Waals surface area contributed by atoms with E-state index in [4.69, 9.17) is 16.3 Å². The lowest BCUT2D eigenvalue weighted by molar-refractivity contribution is 0.192. The number of nitrogens with zero attached hydrogens (tertiary/aromatic N) is 2. The van der Waals surface area contributed by atoms with Gasteiger partial charge in [-0.25, -0.2) is 4.68 Å². The largest absolute Gasteiger partial charge is 0.385 e. The minimum absolute atomic E-state index is 0.220. The molecule has 0 aliphatic rings. The van der Waals surface area contributed by atoms with Gasteiger partial charge in [0.05, 0.1) is 11.9 Å². The van der Waals surface area contributed by atoms with Gasteiger partial charge in [-0.1, -0.05) is 25.4 Å². The van der Waals surface area contributed by atoms with Crippen LogP contribution in [0.1, 0.15) is 33.1 Å². The van der Waals surface area contributed by atoms with Crippen molar-refractivity contribution < 1.29 is 4.74 Å². The summed E-state index contributed by atoms with van der Waals surface area (Å²) in [4.78, 5) is 12.0. The first-order chi connectivity index (χ1) is 9.56. The van der Waals surface area contributed by atoms with Crippen molar-refractivity contribution >= 4 is 17.3 Å². The maximum absolute atomic E-state index is 12.0. The first-order valence-electron chi connectivity index (χ1n) is 7.04. The van der Waals surface area contributed by atoms with E-state index in [1.54, 1.807) is 13.3 Å². The standard InChI is InChI=1S/C14H24ClN3O2/c1-11(2)10-18-14(19)13(15)12(9-17-18)16-7-5-4-6-8-20-3/h9,11,16H,4-8,10H2,1-3H3. The highest BCUT2D eigenvalue weighted by molar-refractivity contribution is 6.32. The second-order valence-electron chi connectivity index (χ2n) is 5.23. The number of anilines is 1. The lowest BCUT2D eigenvalue weighted by Crippen LogP contribution is -2.26. The van der Waals surface area contributed by atoms with Gasteiger partial charge < -0.3 is 10.1 Å². The molecule has 5 nitrogen and oxygen atoms in total. The monoisotopic (exact) mass is 301 g/mol. The second kappa shape index (κ2) is 8.97. The van der Waals surface area contributed by atoms with Gasteiger partial charge in [-0.2, -0.15) is 5.10 Å². The van der Waals surface area contributed by atoms with Gasteiger partial charge in [0, 0.05) is 26.8 Å². The molecule has 0 aliphatic carbocycles. The Morgan fingerprint density at radius 1 is 1.40 bits per heavy atom. The first-order valence-corrected chi connectivity index (χ1v) is 7.42. The lowest BCUT2D eigenvalue weighted by Gasteiger charge is -2.11. The van der Waals surface area contributed by atoms with Gasteiger partial charge in [0.2, 0.25) is 0 Å². The first kappa shape index (κ1) is 17.0. The molecular formula is C14H24ClN3O2. The molecule has 1 aromatic rings. The summed E-state index contributed by atoms with van der Waals surface area (Å²) >= 11 is 6.09. The predicted octanol–water partition coefficient (Wildman–Crippen LogP) is 2.78. The highest BCUT2D eigenvalue weighted by Gasteiger charge is 2.09. The molecule has 1 aromatic heterocycles. The molecule has 0 unspecified atom stereocenters. The van der Waals surface area contributed by atoms with Gasteiger partial charge in [0.1, 0.15) is 5.02 Å². The Hall–Kier alpha value is -1.07. The Morgan fingerprint density at radius 2 is 2.15 bits per heavy atom. The zero-order chi connectivity index (χ0) is 15.0. The number of nitrogens with one attached hydrogen (secondary N) is 1. The van der Waals surface area contributed by atoms with Crippen LogP contribution >= 0.6 is 11.6 Å². The number of methoxy groups -OCH3 is 1. The van der Waals surface area contributed by atoms with Crippen LogP contribution < -0.4 is 10.9 Å². The second-order valence-corrected chi connectivity index (χ2v) is 5.61. The zero-order valence-electron chi connectivity index (χ0n) is 12.5. The van der Waals surface area contributed by atoms with Gasteiger partial charge >= 0.3 is 0 Å². The van der Waals surface area contributed by atoms with E-state index in [1.165, 1.54) is 4.68 Å². The molecule has 0 saturated heterocycles. The van der Waals surface area contributed by atoms with Gasteiger partial charge in [-0.05, 0) is 25.2 Å². The van der Waals surface area contributed by atoms with Crippen molar-refractivity contribution in [3.8, 4) is 0 Å².